The monoisotopic (exact) mass is 329 g/mol. The predicted molar refractivity (Wildman–Crippen MR) is 91.7 cm³/mol. The van der Waals surface area contributed by atoms with E-state index < -0.39 is 0 Å². The van der Waals surface area contributed by atoms with Crippen LogP contribution in [0, 0.1) is 0 Å². The highest BCUT2D eigenvalue weighted by atomic mass is 32.2. The molecular weight excluding hydrogens is 314 g/mol. The largest absolute Gasteiger partial charge is 0.384 e. The van der Waals surface area contributed by atoms with Gasteiger partial charge in [-0.15, -0.1) is 28.1 Å². The Balaban J connectivity index is 1.83. The summed E-state index contributed by atoms with van der Waals surface area (Å²) in [5.41, 5.74) is 6.82. The van der Waals surface area contributed by atoms with Crippen molar-refractivity contribution >= 4 is 28.9 Å². The number of thioether (sulfide) groups is 1. The molecule has 0 saturated carbocycles. The van der Waals surface area contributed by atoms with E-state index in [-0.39, 0.29) is 0 Å². The van der Waals surface area contributed by atoms with E-state index in [2.05, 4.69) is 26.3 Å². The average Bonchev–Trinajstić information content (AvgIpc) is 3.15. The molecule has 5 nitrogen and oxygen atoms in total. The van der Waals surface area contributed by atoms with Gasteiger partial charge in [0.2, 0.25) is 0 Å². The average molecular weight is 329 g/mol. The van der Waals surface area contributed by atoms with Crippen LogP contribution in [0.2, 0.25) is 0 Å². The lowest BCUT2D eigenvalue weighted by atomic mass is 10.3. The molecule has 2 N–H and O–H groups in total. The van der Waals surface area contributed by atoms with E-state index >= 15 is 0 Å². The minimum Gasteiger partial charge on any atom is -0.384 e. The van der Waals surface area contributed by atoms with E-state index in [0.717, 1.165) is 27.2 Å². The van der Waals surface area contributed by atoms with Crippen molar-refractivity contribution < 1.29 is 0 Å². The van der Waals surface area contributed by atoms with Crippen molar-refractivity contribution in [3.8, 4) is 10.7 Å². The van der Waals surface area contributed by atoms with Gasteiger partial charge in [-0.3, -0.25) is 4.57 Å². The lowest BCUT2D eigenvalue weighted by Gasteiger charge is -2.06. The molecular formula is C15H15N5S2. The Kier molecular flexibility index (Phi) is 4.55. The van der Waals surface area contributed by atoms with Crippen molar-refractivity contribution in [2.45, 2.75) is 17.5 Å². The normalized spacial score (nSPS) is 10.7. The van der Waals surface area contributed by atoms with Crippen LogP contribution in [0.4, 0.5) is 5.82 Å². The number of thiophene rings is 1. The molecule has 0 saturated heterocycles. The number of nitrogen functional groups attached to an aromatic ring is 1. The van der Waals surface area contributed by atoms with Crippen molar-refractivity contribution in [1.82, 2.24) is 19.7 Å². The molecule has 0 atom stereocenters. The standard InChI is InChI=1S/C15H15N5S2/c1-2-7-20-14(12-4-3-8-21-12)18-19-15(20)22-10-11-5-6-17-13(16)9-11/h2-6,8-9H,1,7,10H2,(H2,16,17). The molecule has 0 radical (unpaired) electrons. The quantitative estimate of drug-likeness (QED) is 0.554. The number of rotatable bonds is 6. The Morgan fingerprint density at radius 3 is 3.00 bits per heavy atom. The Morgan fingerprint density at radius 1 is 1.36 bits per heavy atom. The highest BCUT2D eigenvalue weighted by Gasteiger charge is 2.14. The molecule has 0 spiro atoms. The number of pyridine rings is 1. The number of allylic oxidation sites excluding steroid dienone is 1. The Hall–Kier alpha value is -2.12. The van der Waals surface area contributed by atoms with Gasteiger partial charge in [0, 0.05) is 18.5 Å². The van der Waals surface area contributed by atoms with E-state index in [9.17, 15) is 0 Å². The summed E-state index contributed by atoms with van der Waals surface area (Å²) in [5, 5.41) is 11.6. The third-order valence-electron chi connectivity index (χ3n) is 2.98. The molecule has 0 fully saturated rings. The van der Waals surface area contributed by atoms with Gasteiger partial charge in [0.15, 0.2) is 11.0 Å². The van der Waals surface area contributed by atoms with E-state index in [1.165, 1.54) is 0 Å². The summed E-state index contributed by atoms with van der Waals surface area (Å²) in [5.74, 6) is 2.18. The summed E-state index contributed by atoms with van der Waals surface area (Å²) in [7, 11) is 0. The van der Waals surface area contributed by atoms with Crippen LogP contribution < -0.4 is 5.73 Å². The zero-order valence-electron chi connectivity index (χ0n) is 11.8. The van der Waals surface area contributed by atoms with E-state index in [1.54, 1.807) is 29.3 Å². The first-order valence-corrected chi connectivity index (χ1v) is 8.55. The van der Waals surface area contributed by atoms with Crippen molar-refractivity contribution in [2.75, 3.05) is 5.73 Å². The van der Waals surface area contributed by atoms with Gasteiger partial charge in [0.1, 0.15) is 5.82 Å². The SMILES string of the molecule is C=CCn1c(SCc2ccnc(N)c2)nnc1-c1cccs1. The fourth-order valence-electron chi connectivity index (χ4n) is 2.01. The van der Waals surface area contributed by atoms with Crippen LogP contribution in [-0.2, 0) is 12.3 Å². The van der Waals surface area contributed by atoms with Crippen LogP contribution in [0.5, 0.6) is 0 Å². The van der Waals surface area contributed by atoms with Crippen molar-refractivity contribution in [1.29, 1.82) is 0 Å². The topological polar surface area (TPSA) is 69.6 Å². The molecule has 0 aliphatic carbocycles. The molecule has 3 aromatic heterocycles. The third kappa shape index (κ3) is 3.20. The Bertz CT molecular complexity index is 764. The lowest BCUT2D eigenvalue weighted by Crippen LogP contribution is -2.00. The molecule has 3 rings (SSSR count). The summed E-state index contributed by atoms with van der Waals surface area (Å²) in [6.45, 7) is 4.50. The fourth-order valence-corrected chi connectivity index (χ4v) is 3.62. The molecule has 3 heterocycles. The predicted octanol–water partition coefficient (Wildman–Crippen LogP) is 3.46. The summed E-state index contributed by atoms with van der Waals surface area (Å²) in [6.07, 6.45) is 3.58. The fraction of sp³-hybridized carbons (Fsp3) is 0.133. The highest BCUT2D eigenvalue weighted by Crippen LogP contribution is 2.28. The molecule has 0 aromatic carbocycles. The van der Waals surface area contributed by atoms with Crippen LogP contribution in [0.15, 0.2) is 53.7 Å². The molecule has 0 aliphatic heterocycles. The number of anilines is 1. The van der Waals surface area contributed by atoms with Gasteiger partial charge in [-0.2, -0.15) is 0 Å². The van der Waals surface area contributed by atoms with Crippen LogP contribution in [0.25, 0.3) is 10.7 Å². The van der Waals surface area contributed by atoms with Gasteiger partial charge in [-0.05, 0) is 29.1 Å². The van der Waals surface area contributed by atoms with Crippen LogP contribution >= 0.6 is 23.1 Å². The molecule has 22 heavy (non-hydrogen) atoms. The first-order valence-electron chi connectivity index (χ1n) is 6.69. The number of nitrogens with zero attached hydrogens (tertiary/aromatic N) is 4. The molecule has 0 unspecified atom stereocenters. The van der Waals surface area contributed by atoms with Crippen LogP contribution in [0.3, 0.4) is 0 Å². The second-order valence-corrected chi connectivity index (χ2v) is 6.45. The molecule has 3 aromatic rings. The van der Waals surface area contributed by atoms with Gasteiger partial charge in [-0.1, -0.05) is 23.9 Å². The Morgan fingerprint density at radius 2 is 2.27 bits per heavy atom. The van der Waals surface area contributed by atoms with E-state index in [4.69, 9.17) is 5.73 Å². The van der Waals surface area contributed by atoms with Crippen molar-refractivity contribution in [2.24, 2.45) is 0 Å². The Labute approximate surface area is 136 Å². The van der Waals surface area contributed by atoms with Gasteiger partial charge in [0.05, 0.1) is 4.88 Å². The maximum atomic E-state index is 5.71. The summed E-state index contributed by atoms with van der Waals surface area (Å²) < 4.78 is 2.08. The molecule has 0 aliphatic rings. The molecule has 0 bridgehead atoms. The second kappa shape index (κ2) is 6.76. The van der Waals surface area contributed by atoms with Gasteiger partial charge in [0.25, 0.3) is 0 Å². The molecule has 112 valence electrons. The van der Waals surface area contributed by atoms with E-state index in [1.807, 2.05) is 35.7 Å². The number of nitrogens with two attached hydrogens (primary N) is 1. The minimum absolute atomic E-state index is 0.532. The maximum absolute atomic E-state index is 5.71. The smallest absolute Gasteiger partial charge is 0.192 e. The zero-order chi connectivity index (χ0) is 15.4. The zero-order valence-corrected chi connectivity index (χ0v) is 13.5. The number of hydrogen-bond donors (Lipinski definition) is 1. The van der Waals surface area contributed by atoms with Crippen LogP contribution in [0.1, 0.15) is 5.56 Å². The highest BCUT2D eigenvalue weighted by molar-refractivity contribution is 7.98. The maximum Gasteiger partial charge on any atom is 0.192 e. The second-order valence-electron chi connectivity index (χ2n) is 4.56. The van der Waals surface area contributed by atoms with Crippen molar-refractivity contribution in [3.63, 3.8) is 0 Å². The first kappa shape index (κ1) is 14.8. The van der Waals surface area contributed by atoms with E-state index in [0.29, 0.717) is 12.4 Å². The molecule has 7 heteroatoms. The van der Waals surface area contributed by atoms with Crippen molar-refractivity contribution in [3.05, 3.63) is 54.1 Å². The van der Waals surface area contributed by atoms with Gasteiger partial charge in [-0.25, -0.2) is 4.98 Å². The van der Waals surface area contributed by atoms with Gasteiger partial charge < -0.3 is 5.73 Å². The number of aromatic nitrogens is 4. The lowest BCUT2D eigenvalue weighted by molar-refractivity contribution is 0.732. The molecule has 0 amide bonds. The summed E-state index contributed by atoms with van der Waals surface area (Å²) >= 11 is 3.28. The van der Waals surface area contributed by atoms with Crippen LogP contribution in [-0.4, -0.2) is 19.7 Å². The minimum atomic E-state index is 0.532. The summed E-state index contributed by atoms with van der Waals surface area (Å²) in [6, 6.07) is 7.89. The number of hydrogen-bond acceptors (Lipinski definition) is 6. The first-order chi connectivity index (χ1) is 10.8. The summed E-state index contributed by atoms with van der Waals surface area (Å²) in [4.78, 5) is 5.11. The third-order valence-corrected chi connectivity index (χ3v) is 4.89. The van der Waals surface area contributed by atoms with Gasteiger partial charge >= 0.3 is 0 Å².